The molecular weight excluding hydrogens is 274 g/mol. The SMILES string of the molecule is C=CC[C@H]1OC[C@@H](NC(=O)/C=C\[C@H](C)OC(C)=O)[C@@H](C)O1. The Kier molecular flexibility index (Phi) is 7.11. The molecule has 0 radical (unpaired) electrons. The molecule has 4 atom stereocenters. The molecule has 6 heteroatoms. The summed E-state index contributed by atoms with van der Waals surface area (Å²) in [6.45, 7) is 8.91. The van der Waals surface area contributed by atoms with E-state index in [0.29, 0.717) is 13.0 Å². The molecule has 21 heavy (non-hydrogen) atoms. The summed E-state index contributed by atoms with van der Waals surface area (Å²) < 4.78 is 16.0. The summed E-state index contributed by atoms with van der Waals surface area (Å²) in [4.78, 5) is 22.5. The zero-order valence-electron chi connectivity index (χ0n) is 12.7. The minimum absolute atomic E-state index is 0.146. The lowest BCUT2D eigenvalue weighted by Crippen LogP contribution is -2.51. The molecule has 0 aromatic rings. The molecule has 1 aliphatic heterocycles. The fraction of sp³-hybridized carbons (Fsp3) is 0.600. The van der Waals surface area contributed by atoms with Gasteiger partial charge in [0, 0.05) is 19.4 Å². The van der Waals surface area contributed by atoms with E-state index in [0.717, 1.165) is 0 Å². The van der Waals surface area contributed by atoms with Crippen molar-refractivity contribution in [3.63, 3.8) is 0 Å². The van der Waals surface area contributed by atoms with Crippen molar-refractivity contribution in [2.45, 2.75) is 51.7 Å². The lowest BCUT2D eigenvalue weighted by molar-refractivity contribution is -0.217. The van der Waals surface area contributed by atoms with Crippen molar-refractivity contribution >= 4 is 11.9 Å². The normalized spacial score (nSPS) is 27.1. The monoisotopic (exact) mass is 297 g/mol. The van der Waals surface area contributed by atoms with Crippen molar-refractivity contribution < 1.29 is 23.8 Å². The van der Waals surface area contributed by atoms with Crippen LogP contribution in [0.25, 0.3) is 0 Å². The van der Waals surface area contributed by atoms with Crippen molar-refractivity contribution in [2.75, 3.05) is 6.61 Å². The number of rotatable bonds is 6. The Balaban J connectivity index is 2.39. The van der Waals surface area contributed by atoms with E-state index < -0.39 is 6.10 Å². The molecule has 1 heterocycles. The van der Waals surface area contributed by atoms with Gasteiger partial charge in [-0.15, -0.1) is 6.58 Å². The number of amides is 1. The summed E-state index contributed by atoms with van der Waals surface area (Å²) in [5, 5.41) is 2.80. The van der Waals surface area contributed by atoms with Crippen LogP contribution in [0.5, 0.6) is 0 Å². The number of hydrogen-bond donors (Lipinski definition) is 1. The van der Waals surface area contributed by atoms with Gasteiger partial charge in [0.2, 0.25) is 5.91 Å². The van der Waals surface area contributed by atoms with Crippen LogP contribution < -0.4 is 5.32 Å². The first kappa shape index (κ1) is 17.4. The molecule has 0 unspecified atom stereocenters. The first-order chi connectivity index (χ1) is 9.92. The van der Waals surface area contributed by atoms with Crippen LogP contribution in [-0.4, -0.2) is 43.0 Å². The third kappa shape index (κ3) is 6.55. The maximum Gasteiger partial charge on any atom is 0.303 e. The quantitative estimate of drug-likeness (QED) is 0.455. The second-order valence-electron chi connectivity index (χ2n) is 4.92. The van der Waals surface area contributed by atoms with E-state index >= 15 is 0 Å². The van der Waals surface area contributed by atoms with Crippen molar-refractivity contribution in [2.24, 2.45) is 0 Å². The highest BCUT2D eigenvalue weighted by atomic mass is 16.7. The number of ether oxygens (including phenoxy) is 3. The molecule has 1 rings (SSSR count). The van der Waals surface area contributed by atoms with Gasteiger partial charge in [0.05, 0.1) is 18.8 Å². The Morgan fingerprint density at radius 2 is 2.24 bits per heavy atom. The largest absolute Gasteiger partial charge is 0.459 e. The van der Waals surface area contributed by atoms with Gasteiger partial charge in [0.25, 0.3) is 0 Å². The molecular formula is C15H23NO5. The van der Waals surface area contributed by atoms with Crippen LogP contribution in [0.15, 0.2) is 24.8 Å². The Morgan fingerprint density at radius 1 is 1.52 bits per heavy atom. The summed E-state index contributed by atoms with van der Waals surface area (Å²) in [5.41, 5.74) is 0. The van der Waals surface area contributed by atoms with Gasteiger partial charge in [0.15, 0.2) is 6.29 Å². The summed E-state index contributed by atoms with van der Waals surface area (Å²) in [7, 11) is 0. The lowest BCUT2D eigenvalue weighted by atomic mass is 10.1. The van der Waals surface area contributed by atoms with Crippen molar-refractivity contribution in [1.82, 2.24) is 5.32 Å². The predicted molar refractivity (Wildman–Crippen MR) is 77.4 cm³/mol. The van der Waals surface area contributed by atoms with Crippen LogP contribution >= 0.6 is 0 Å². The Hall–Kier alpha value is -1.66. The molecule has 1 aliphatic rings. The summed E-state index contributed by atoms with van der Waals surface area (Å²) in [6.07, 6.45) is 4.32. The zero-order valence-corrected chi connectivity index (χ0v) is 12.7. The van der Waals surface area contributed by atoms with Gasteiger partial charge in [0.1, 0.15) is 6.10 Å². The maximum absolute atomic E-state index is 11.8. The van der Waals surface area contributed by atoms with Crippen molar-refractivity contribution in [3.8, 4) is 0 Å². The molecule has 118 valence electrons. The molecule has 1 amide bonds. The Labute approximate surface area is 125 Å². The van der Waals surface area contributed by atoms with E-state index in [1.165, 1.54) is 19.1 Å². The molecule has 1 saturated heterocycles. The predicted octanol–water partition coefficient (Wildman–Crippen LogP) is 1.32. The van der Waals surface area contributed by atoms with Gasteiger partial charge in [-0.3, -0.25) is 9.59 Å². The fourth-order valence-corrected chi connectivity index (χ4v) is 1.89. The minimum Gasteiger partial charge on any atom is -0.459 e. The molecule has 0 bridgehead atoms. The molecule has 0 saturated carbocycles. The van der Waals surface area contributed by atoms with E-state index in [9.17, 15) is 9.59 Å². The standard InChI is InChI=1S/C15H23NO5/c1-5-6-15-19-9-13(11(3)21-15)16-14(18)8-7-10(2)20-12(4)17/h5,7-8,10-11,13,15H,1,6,9H2,2-4H3,(H,16,18)/b8-7-/t10-,11+,13+,15-/m0/s1. The van der Waals surface area contributed by atoms with Crippen molar-refractivity contribution in [3.05, 3.63) is 24.8 Å². The van der Waals surface area contributed by atoms with Crippen LogP contribution in [0.1, 0.15) is 27.2 Å². The van der Waals surface area contributed by atoms with Gasteiger partial charge in [-0.1, -0.05) is 6.08 Å². The molecule has 6 nitrogen and oxygen atoms in total. The highest BCUT2D eigenvalue weighted by Gasteiger charge is 2.28. The summed E-state index contributed by atoms with van der Waals surface area (Å²) in [6, 6.07) is -0.216. The molecule has 0 aliphatic carbocycles. The fourth-order valence-electron chi connectivity index (χ4n) is 1.89. The number of nitrogens with one attached hydrogen (secondary N) is 1. The number of hydrogen-bond acceptors (Lipinski definition) is 5. The van der Waals surface area contributed by atoms with Crippen LogP contribution in [0, 0.1) is 0 Å². The highest BCUT2D eigenvalue weighted by molar-refractivity contribution is 5.87. The van der Waals surface area contributed by atoms with Crippen LogP contribution in [0.4, 0.5) is 0 Å². The van der Waals surface area contributed by atoms with E-state index in [4.69, 9.17) is 14.2 Å². The smallest absolute Gasteiger partial charge is 0.303 e. The summed E-state index contributed by atoms with van der Waals surface area (Å²) >= 11 is 0. The van der Waals surface area contributed by atoms with Gasteiger partial charge < -0.3 is 19.5 Å². The Bertz CT molecular complexity index is 407. The number of carbonyl (C=O) groups excluding carboxylic acids is 2. The van der Waals surface area contributed by atoms with Gasteiger partial charge in [-0.05, 0) is 19.9 Å². The second-order valence-corrected chi connectivity index (χ2v) is 4.92. The minimum atomic E-state index is -0.443. The van der Waals surface area contributed by atoms with Gasteiger partial charge >= 0.3 is 5.97 Å². The molecule has 0 aromatic carbocycles. The van der Waals surface area contributed by atoms with Crippen LogP contribution in [0.2, 0.25) is 0 Å². The molecule has 1 fully saturated rings. The van der Waals surface area contributed by atoms with Gasteiger partial charge in [-0.25, -0.2) is 0 Å². The van der Waals surface area contributed by atoms with E-state index in [-0.39, 0.29) is 30.3 Å². The molecule has 0 spiro atoms. The maximum atomic E-state index is 11.8. The van der Waals surface area contributed by atoms with Crippen LogP contribution in [-0.2, 0) is 23.8 Å². The third-order valence-electron chi connectivity index (χ3n) is 2.95. The van der Waals surface area contributed by atoms with Crippen molar-refractivity contribution in [1.29, 1.82) is 0 Å². The average molecular weight is 297 g/mol. The Morgan fingerprint density at radius 3 is 2.81 bits per heavy atom. The lowest BCUT2D eigenvalue weighted by Gasteiger charge is -2.34. The first-order valence-electron chi connectivity index (χ1n) is 6.96. The van der Waals surface area contributed by atoms with E-state index in [2.05, 4.69) is 11.9 Å². The molecule has 0 aromatic heterocycles. The summed E-state index contributed by atoms with van der Waals surface area (Å²) in [5.74, 6) is -0.663. The first-order valence-corrected chi connectivity index (χ1v) is 6.96. The zero-order chi connectivity index (χ0) is 15.8. The van der Waals surface area contributed by atoms with E-state index in [1.54, 1.807) is 13.0 Å². The number of carbonyl (C=O) groups is 2. The topological polar surface area (TPSA) is 73.9 Å². The second kappa shape index (κ2) is 8.59. The van der Waals surface area contributed by atoms with Crippen LogP contribution in [0.3, 0.4) is 0 Å². The highest BCUT2D eigenvalue weighted by Crippen LogP contribution is 2.15. The van der Waals surface area contributed by atoms with Gasteiger partial charge in [-0.2, -0.15) is 0 Å². The molecule has 1 N–H and O–H groups in total. The third-order valence-corrected chi connectivity index (χ3v) is 2.95. The van der Waals surface area contributed by atoms with E-state index in [1.807, 2.05) is 6.92 Å². The average Bonchev–Trinajstić information content (AvgIpc) is 2.39. The number of esters is 1.